The number of nitrogens with one attached hydrogen (secondary N) is 3. The van der Waals surface area contributed by atoms with E-state index in [0.717, 1.165) is 18.3 Å². The molecule has 0 bridgehead atoms. The molecule has 1 aliphatic heterocycles. The van der Waals surface area contributed by atoms with Crippen molar-refractivity contribution in [1.29, 1.82) is 5.41 Å². The van der Waals surface area contributed by atoms with Gasteiger partial charge in [-0.25, -0.2) is 4.39 Å². The van der Waals surface area contributed by atoms with Gasteiger partial charge in [-0.1, -0.05) is 6.07 Å². The molecule has 4 rings (SSSR count). The number of alkyl halides is 4. The summed E-state index contributed by atoms with van der Waals surface area (Å²) in [6, 6.07) is 4.63. The SMILES string of the molecule is N=Cc1c(Nc2cccc(C(F)(F)F)c2)nc(NC2CC(O)C2)nc1N1CCC(F)C1. The van der Waals surface area contributed by atoms with E-state index in [0.29, 0.717) is 31.6 Å². The van der Waals surface area contributed by atoms with Crippen LogP contribution >= 0.6 is 0 Å². The predicted molar refractivity (Wildman–Crippen MR) is 109 cm³/mol. The van der Waals surface area contributed by atoms with Crippen molar-refractivity contribution in [1.82, 2.24) is 9.97 Å². The van der Waals surface area contributed by atoms with E-state index in [4.69, 9.17) is 5.41 Å². The maximum absolute atomic E-state index is 13.8. The topological polar surface area (TPSA) is 97.2 Å². The summed E-state index contributed by atoms with van der Waals surface area (Å²) in [4.78, 5) is 10.5. The fourth-order valence-corrected chi connectivity index (χ4v) is 3.70. The lowest BCUT2D eigenvalue weighted by Crippen LogP contribution is -2.39. The zero-order chi connectivity index (χ0) is 22.2. The number of aliphatic hydroxyl groups is 1. The largest absolute Gasteiger partial charge is 0.416 e. The summed E-state index contributed by atoms with van der Waals surface area (Å²) in [5.41, 5.74) is -0.409. The van der Waals surface area contributed by atoms with Crippen molar-refractivity contribution >= 4 is 29.5 Å². The predicted octanol–water partition coefficient (Wildman–Crippen LogP) is 3.72. The van der Waals surface area contributed by atoms with E-state index in [-0.39, 0.29) is 35.6 Å². The highest BCUT2D eigenvalue weighted by Crippen LogP contribution is 2.34. The number of anilines is 4. The summed E-state index contributed by atoms with van der Waals surface area (Å²) in [5, 5.41) is 23.3. The molecule has 1 aromatic carbocycles. The van der Waals surface area contributed by atoms with Gasteiger partial charge in [0.2, 0.25) is 5.95 Å². The van der Waals surface area contributed by atoms with Crippen molar-refractivity contribution in [2.75, 3.05) is 28.6 Å². The Labute approximate surface area is 176 Å². The van der Waals surface area contributed by atoms with Gasteiger partial charge in [0.1, 0.15) is 17.8 Å². The third-order valence-corrected chi connectivity index (χ3v) is 5.40. The molecule has 7 nitrogen and oxygen atoms in total. The Kier molecular flexibility index (Phi) is 5.69. The first-order valence-corrected chi connectivity index (χ1v) is 9.93. The third-order valence-electron chi connectivity index (χ3n) is 5.40. The van der Waals surface area contributed by atoms with Gasteiger partial charge >= 0.3 is 6.18 Å². The van der Waals surface area contributed by atoms with Crippen LogP contribution in [0, 0.1) is 5.41 Å². The summed E-state index contributed by atoms with van der Waals surface area (Å²) >= 11 is 0. The zero-order valence-electron chi connectivity index (χ0n) is 16.5. The van der Waals surface area contributed by atoms with E-state index >= 15 is 0 Å². The molecule has 2 aliphatic rings. The first kappa shape index (κ1) is 21.3. The van der Waals surface area contributed by atoms with Crippen molar-refractivity contribution in [3.63, 3.8) is 0 Å². The fraction of sp³-hybridized carbons (Fsp3) is 0.450. The average molecular weight is 438 g/mol. The molecule has 1 saturated heterocycles. The Morgan fingerprint density at radius 1 is 1.23 bits per heavy atom. The standard InChI is InChI=1S/C20H22F4N6O/c21-12-4-5-30(10-12)18-16(9-25)17(28-19(29-18)27-14-7-15(31)8-14)26-13-3-1-2-11(6-13)20(22,23)24/h1-3,6,9,12,14-15,25,31H,4-5,7-8,10H2,(H2,26,27,28,29). The van der Waals surface area contributed by atoms with Gasteiger partial charge in [0.15, 0.2) is 0 Å². The van der Waals surface area contributed by atoms with Crippen LogP contribution in [-0.2, 0) is 6.18 Å². The summed E-state index contributed by atoms with van der Waals surface area (Å²) in [7, 11) is 0. The molecule has 1 aromatic heterocycles. The average Bonchev–Trinajstić information content (AvgIpc) is 3.12. The van der Waals surface area contributed by atoms with E-state index in [1.807, 2.05) is 0 Å². The van der Waals surface area contributed by atoms with Crippen LogP contribution in [0.15, 0.2) is 24.3 Å². The molecular formula is C20H22F4N6O. The molecule has 11 heteroatoms. The molecule has 166 valence electrons. The van der Waals surface area contributed by atoms with Gasteiger partial charge in [-0.3, -0.25) is 0 Å². The molecule has 4 N–H and O–H groups in total. The van der Waals surface area contributed by atoms with E-state index in [1.54, 1.807) is 4.90 Å². The Bertz CT molecular complexity index is 963. The van der Waals surface area contributed by atoms with Crippen molar-refractivity contribution in [3.8, 4) is 0 Å². The zero-order valence-corrected chi connectivity index (χ0v) is 16.5. The van der Waals surface area contributed by atoms with Crippen molar-refractivity contribution < 1.29 is 22.7 Å². The molecule has 0 spiro atoms. The van der Waals surface area contributed by atoms with Crippen LogP contribution in [0.3, 0.4) is 0 Å². The van der Waals surface area contributed by atoms with Crippen molar-refractivity contribution in [2.24, 2.45) is 0 Å². The maximum Gasteiger partial charge on any atom is 0.416 e. The van der Waals surface area contributed by atoms with E-state index in [2.05, 4.69) is 20.6 Å². The molecule has 1 aliphatic carbocycles. The minimum absolute atomic E-state index is 0.0393. The molecule has 0 amide bonds. The van der Waals surface area contributed by atoms with Gasteiger partial charge in [-0.15, -0.1) is 0 Å². The first-order chi connectivity index (χ1) is 14.7. The Morgan fingerprint density at radius 3 is 2.61 bits per heavy atom. The molecule has 0 radical (unpaired) electrons. The van der Waals surface area contributed by atoms with Gasteiger partial charge in [0.05, 0.1) is 23.8 Å². The fourth-order valence-electron chi connectivity index (χ4n) is 3.70. The van der Waals surface area contributed by atoms with Crippen LogP contribution in [0.5, 0.6) is 0 Å². The van der Waals surface area contributed by atoms with Gasteiger partial charge < -0.3 is 26.0 Å². The number of hydrogen-bond donors (Lipinski definition) is 4. The van der Waals surface area contributed by atoms with Crippen LogP contribution in [0.1, 0.15) is 30.4 Å². The quantitative estimate of drug-likeness (QED) is 0.406. The highest BCUT2D eigenvalue weighted by Gasteiger charge is 2.32. The number of rotatable bonds is 6. The minimum Gasteiger partial charge on any atom is -0.393 e. The van der Waals surface area contributed by atoms with Crippen molar-refractivity contribution in [3.05, 3.63) is 35.4 Å². The van der Waals surface area contributed by atoms with E-state index in [9.17, 15) is 22.7 Å². The van der Waals surface area contributed by atoms with Crippen LogP contribution in [0.4, 0.5) is 40.8 Å². The number of hydrogen-bond acceptors (Lipinski definition) is 7. The lowest BCUT2D eigenvalue weighted by atomic mass is 9.90. The van der Waals surface area contributed by atoms with Crippen LogP contribution in [0.25, 0.3) is 0 Å². The molecule has 1 saturated carbocycles. The van der Waals surface area contributed by atoms with E-state index in [1.165, 1.54) is 12.1 Å². The Morgan fingerprint density at radius 2 is 2.00 bits per heavy atom. The number of benzene rings is 1. The van der Waals surface area contributed by atoms with Crippen LogP contribution in [-0.4, -0.2) is 52.7 Å². The summed E-state index contributed by atoms with van der Waals surface area (Å²) in [6.45, 7) is 0.520. The summed E-state index contributed by atoms with van der Waals surface area (Å²) in [5.74, 6) is 0.681. The smallest absolute Gasteiger partial charge is 0.393 e. The molecule has 31 heavy (non-hydrogen) atoms. The molecule has 2 heterocycles. The normalized spacial score (nSPS) is 23.4. The minimum atomic E-state index is -4.50. The highest BCUT2D eigenvalue weighted by molar-refractivity contribution is 5.93. The monoisotopic (exact) mass is 438 g/mol. The highest BCUT2D eigenvalue weighted by atomic mass is 19.4. The van der Waals surface area contributed by atoms with Crippen molar-refractivity contribution in [2.45, 2.75) is 43.8 Å². The second kappa shape index (κ2) is 8.29. The molecule has 2 aromatic rings. The molecular weight excluding hydrogens is 416 g/mol. The second-order valence-corrected chi connectivity index (χ2v) is 7.78. The Balaban J connectivity index is 1.70. The van der Waals surface area contributed by atoms with Gasteiger partial charge in [-0.05, 0) is 37.5 Å². The van der Waals surface area contributed by atoms with E-state index < -0.39 is 24.0 Å². The number of aromatic nitrogens is 2. The molecule has 1 unspecified atom stereocenters. The molecule has 1 atom stereocenters. The number of aliphatic hydroxyl groups excluding tert-OH is 1. The summed E-state index contributed by atoms with van der Waals surface area (Å²) < 4.78 is 53.0. The van der Waals surface area contributed by atoms with Gasteiger partial charge in [0, 0.05) is 24.5 Å². The summed E-state index contributed by atoms with van der Waals surface area (Å²) in [6.07, 6.45) is -3.53. The van der Waals surface area contributed by atoms with Crippen LogP contribution < -0.4 is 15.5 Å². The van der Waals surface area contributed by atoms with Gasteiger partial charge in [0.25, 0.3) is 0 Å². The molecule has 2 fully saturated rings. The Hall–Kier alpha value is -2.95. The first-order valence-electron chi connectivity index (χ1n) is 9.93. The number of halogens is 4. The lowest BCUT2D eigenvalue weighted by Gasteiger charge is -2.32. The third kappa shape index (κ3) is 4.71. The number of nitrogens with zero attached hydrogens (tertiary/aromatic N) is 3. The lowest BCUT2D eigenvalue weighted by molar-refractivity contribution is -0.137. The van der Waals surface area contributed by atoms with Crippen LogP contribution in [0.2, 0.25) is 0 Å². The maximum atomic E-state index is 13.8. The van der Waals surface area contributed by atoms with Gasteiger partial charge in [-0.2, -0.15) is 23.1 Å². The second-order valence-electron chi connectivity index (χ2n) is 7.78.